The molecule has 0 radical (unpaired) electrons. The highest BCUT2D eigenvalue weighted by Crippen LogP contribution is 2.39. The zero-order valence-corrected chi connectivity index (χ0v) is 18.5. The smallest absolute Gasteiger partial charge is 0.305 e. The zero-order valence-electron chi connectivity index (χ0n) is 16.9. The summed E-state index contributed by atoms with van der Waals surface area (Å²) in [6, 6.07) is 13.3. The van der Waals surface area contributed by atoms with Crippen LogP contribution < -0.4 is 5.32 Å². The van der Waals surface area contributed by atoms with Crippen molar-refractivity contribution in [2.24, 2.45) is 0 Å². The Morgan fingerprint density at radius 3 is 2.81 bits per heavy atom. The predicted molar refractivity (Wildman–Crippen MR) is 122 cm³/mol. The van der Waals surface area contributed by atoms with Gasteiger partial charge in [-0.3, -0.25) is 9.78 Å². The van der Waals surface area contributed by atoms with Crippen LogP contribution in [0, 0.1) is 0 Å². The number of aromatic nitrogens is 3. The van der Waals surface area contributed by atoms with Crippen LogP contribution in [0.1, 0.15) is 36.3 Å². The Balaban J connectivity index is 1.70. The molecule has 1 aliphatic heterocycles. The van der Waals surface area contributed by atoms with Crippen molar-refractivity contribution in [3.63, 3.8) is 0 Å². The van der Waals surface area contributed by atoms with E-state index in [0.717, 1.165) is 17.2 Å². The van der Waals surface area contributed by atoms with E-state index in [9.17, 15) is 4.79 Å². The summed E-state index contributed by atoms with van der Waals surface area (Å²) >= 11 is 11.7. The summed E-state index contributed by atoms with van der Waals surface area (Å²) in [5.41, 5.74) is 1.90. The molecule has 160 valence electrons. The molecule has 9 heteroatoms. The number of thiocarbonyl (C=S) groups is 1. The Labute approximate surface area is 191 Å². The number of nitrogens with one attached hydrogen (secondary N) is 1. The lowest BCUT2D eigenvalue weighted by Gasteiger charge is -2.28. The monoisotopic (exact) mass is 455 g/mol. The van der Waals surface area contributed by atoms with E-state index >= 15 is 0 Å². The number of ether oxygens (including phenoxy) is 1. The standard InChI is InChI=1S/C22H22ClN5O2S/c1-30-19(29)8-5-13-28-21(20(26-22(28)31)16-6-2-3-11-24-16)17-7-4-12-27(17)18-10-9-15(23)14-25-18/h2-4,6-7,9-12,14,20-21H,5,8,13H2,1H3,(H,26,31)/t20-,21-/m0/s1. The van der Waals surface area contributed by atoms with Crippen LogP contribution in [0.2, 0.25) is 5.02 Å². The fraction of sp³-hybridized carbons (Fsp3) is 0.273. The van der Waals surface area contributed by atoms with Gasteiger partial charge < -0.3 is 19.5 Å². The topological polar surface area (TPSA) is 72.3 Å². The molecule has 1 aliphatic rings. The van der Waals surface area contributed by atoms with Crippen molar-refractivity contribution in [2.45, 2.75) is 24.9 Å². The van der Waals surface area contributed by atoms with Crippen LogP contribution in [0.5, 0.6) is 0 Å². The van der Waals surface area contributed by atoms with Gasteiger partial charge in [-0.15, -0.1) is 0 Å². The van der Waals surface area contributed by atoms with Gasteiger partial charge in [0.2, 0.25) is 0 Å². The SMILES string of the molecule is COC(=O)CCCN1C(=S)N[C@@H](c2ccccn2)[C@@H]1c1cccn1-c1ccc(Cl)cn1. The number of pyridine rings is 2. The molecule has 4 rings (SSSR count). The maximum atomic E-state index is 11.6. The van der Waals surface area contributed by atoms with E-state index in [0.29, 0.717) is 29.5 Å². The van der Waals surface area contributed by atoms with E-state index in [1.807, 2.05) is 47.2 Å². The molecule has 0 bridgehead atoms. The molecule has 0 aromatic carbocycles. The fourth-order valence-corrected chi connectivity index (χ4v) is 4.26. The molecule has 0 spiro atoms. The quantitative estimate of drug-likeness (QED) is 0.428. The number of hydrogen-bond acceptors (Lipinski definition) is 5. The summed E-state index contributed by atoms with van der Waals surface area (Å²) in [6.07, 6.45) is 6.32. The number of esters is 1. The lowest BCUT2D eigenvalue weighted by molar-refractivity contribution is -0.140. The van der Waals surface area contributed by atoms with Gasteiger partial charge in [-0.1, -0.05) is 17.7 Å². The van der Waals surface area contributed by atoms with Crippen LogP contribution in [0.3, 0.4) is 0 Å². The van der Waals surface area contributed by atoms with Crippen molar-refractivity contribution < 1.29 is 9.53 Å². The van der Waals surface area contributed by atoms with Crippen LogP contribution in [-0.4, -0.2) is 44.2 Å². The molecule has 3 aromatic rings. The normalized spacial score (nSPS) is 18.1. The van der Waals surface area contributed by atoms with Gasteiger partial charge in [0.1, 0.15) is 5.82 Å². The molecule has 3 aromatic heterocycles. The first-order valence-electron chi connectivity index (χ1n) is 9.92. The molecule has 1 fully saturated rings. The van der Waals surface area contributed by atoms with Crippen LogP contribution >= 0.6 is 23.8 Å². The molecular weight excluding hydrogens is 434 g/mol. The van der Waals surface area contributed by atoms with Gasteiger partial charge >= 0.3 is 5.97 Å². The lowest BCUT2D eigenvalue weighted by Crippen LogP contribution is -2.31. The number of carbonyl (C=O) groups excluding carboxylic acids is 1. The molecule has 0 aliphatic carbocycles. The second kappa shape index (κ2) is 9.45. The third-order valence-electron chi connectivity index (χ3n) is 5.25. The average Bonchev–Trinajstić information content (AvgIpc) is 3.39. The number of methoxy groups -OCH3 is 1. The summed E-state index contributed by atoms with van der Waals surface area (Å²) in [6.45, 7) is 0.605. The highest BCUT2D eigenvalue weighted by Gasteiger charge is 2.41. The number of hydrogen-bond donors (Lipinski definition) is 1. The Bertz CT molecular complexity index is 1060. The van der Waals surface area contributed by atoms with Crippen LogP contribution in [0.25, 0.3) is 5.82 Å². The highest BCUT2D eigenvalue weighted by atomic mass is 35.5. The van der Waals surface area contributed by atoms with Gasteiger partial charge in [-0.25, -0.2) is 4.98 Å². The summed E-state index contributed by atoms with van der Waals surface area (Å²) in [4.78, 5) is 22.8. The first kappa shape index (κ1) is 21.3. The Kier molecular flexibility index (Phi) is 6.48. The first-order chi connectivity index (χ1) is 15.1. The van der Waals surface area contributed by atoms with Crippen molar-refractivity contribution in [2.75, 3.05) is 13.7 Å². The molecule has 31 heavy (non-hydrogen) atoms. The van der Waals surface area contributed by atoms with Crippen molar-refractivity contribution in [3.05, 3.63) is 77.5 Å². The van der Waals surface area contributed by atoms with E-state index in [1.165, 1.54) is 7.11 Å². The fourth-order valence-electron chi connectivity index (χ4n) is 3.82. The van der Waals surface area contributed by atoms with Gasteiger partial charge in [0, 0.05) is 37.3 Å². The van der Waals surface area contributed by atoms with E-state index in [4.69, 9.17) is 28.6 Å². The molecule has 7 nitrogen and oxygen atoms in total. The average molecular weight is 456 g/mol. The third kappa shape index (κ3) is 4.55. The van der Waals surface area contributed by atoms with Crippen molar-refractivity contribution >= 4 is 34.9 Å². The molecule has 0 unspecified atom stereocenters. The Morgan fingerprint density at radius 1 is 1.23 bits per heavy atom. The Morgan fingerprint density at radius 2 is 2.10 bits per heavy atom. The maximum absolute atomic E-state index is 11.6. The van der Waals surface area contributed by atoms with Gasteiger partial charge in [-0.05, 0) is 55.0 Å². The van der Waals surface area contributed by atoms with Crippen molar-refractivity contribution in [1.82, 2.24) is 24.8 Å². The summed E-state index contributed by atoms with van der Waals surface area (Å²) in [5, 5.41) is 4.63. The molecule has 1 saturated heterocycles. The molecule has 0 amide bonds. The molecule has 1 N–H and O–H groups in total. The summed E-state index contributed by atoms with van der Waals surface area (Å²) < 4.78 is 6.81. The first-order valence-corrected chi connectivity index (χ1v) is 10.7. The molecule has 0 saturated carbocycles. The molecule has 2 atom stereocenters. The minimum Gasteiger partial charge on any atom is -0.469 e. The van der Waals surface area contributed by atoms with Crippen LogP contribution in [-0.2, 0) is 9.53 Å². The lowest BCUT2D eigenvalue weighted by atomic mass is 10.0. The third-order valence-corrected chi connectivity index (χ3v) is 5.82. The largest absolute Gasteiger partial charge is 0.469 e. The van der Waals surface area contributed by atoms with E-state index in [-0.39, 0.29) is 18.1 Å². The predicted octanol–water partition coefficient (Wildman–Crippen LogP) is 3.85. The zero-order chi connectivity index (χ0) is 21.8. The number of halogens is 1. The van der Waals surface area contributed by atoms with E-state index in [1.54, 1.807) is 12.4 Å². The number of rotatable bonds is 7. The number of carbonyl (C=O) groups is 1. The molecular formula is C22H22ClN5O2S. The summed E-state index contributed by atoms with van der Waals surface area (Å²) in [5.74, 6) is 0.529. The van der Waals surface area contributed by atoms with Gasteiger partial charge in [-0.2, -0.15) is 0 Å². The van der Waals surface area contributed by atoms with Gasteiger partial charge in [0.15, 0.2) is 5.11 Å². The summed E-state index contributed by atoms with van der Waals surface area (Å²) in [7, 11) is 1.40. The van der Waals surface area contributed by atoms with Crippen molar-refractivity contribution in [3.8, 4) is 5.82 Å². The minimum absolute atomic E-state index is 0.132. The highest BCUT2D eigenvalue weighted by molar-refractivity contribution is 7.80. The van der Waals surface area contributed by atoms with E-state index in [2.05, 4.69) is 26.3 Å². The van der Waals surface area contributed by atoms with Crippen molar-refractivity contribution in [1.29, 1.82) is 0 Å². The van der Waals surface area contributed by atoms with E-state index < -0.39 is 0 Å². The Hall–Kier alpha value is -2.97. The van der Waals surface area contributed by atoms with Crippen LogP contribution in [0.4, 0.5) is 0 Å². The maximum Gasteiger partial charge on any atom is 0.305 e. The second-order valence-corrected chi connectivity index (χ2v) is 7.96. The van der Waals surface area contributed by atoms with Crippen LogP contribution in [0.15, 0.2) is 61.1 Å². The second-order valence-electron chi connectivity index (χ2n) is 7.14. The van der Waals surface area contributed by atoms with Gasteiger partial charge in [0.25, 0.3) is 0 Å². The minimum atomic E-state index is -0.232. The number of nitrogens with zero attached hydrogens (tertiary/aromatic N) is 4. The molecule has 4 heterocycles. The van der Waals surface area contributed by atoms with Gasteiger partial charge in [0.05, 0.1) is 29.9 Å².